The van der Waals surface area contributed by atoms with E-state index in [0.717, 1.165) is 62.9 Å². The van der Waals surface area contributed by atoms with Crippen LogP contribution in [0, 0.1) is 0 Å². The molecule has 158 valence electrons. The highest BCUT2D eigenvalue weighted by atomic mass is 35.5. The van der Waals surface area contributed by atoms with Gasteiger partial charge in [-0.25, -0.2) is 0 Å². The van der Waals surface area contributed by atoms with Gasteiger partial charge < -0.3 is 14.8 Å². The van der Waals surface area contributed by atoms with Crippen LogP contribution in [-0.2, 0) is 13.1 Å². The van der Waals surface area contributed by atoms with Gasteiger partial charge >= 0.3 is 0 Å². The molecule has 0 unspecified atom stereocenters. The lowest BCUT2D eigenvalue weighted by atomic mass is 9.87. The summed E-state index contributed by atoms with van der Waals surface area (Å²) in [5.74, 6) is 3.13. The first-order valence-corrected chi connectivity index (χ1v) is 10.8. The predicted molar refractivity (Wildman–Crippen MR) is 111 cm³/mol. The first-order valence-electron chi connectivity index (χ1n) is 10.8. The minimum atomic E-state index is 0. The van der Waals surface area contributed by atoms with Gasteiger partial charge in [-0.15, -0.1) is 22.6 Å². The standard InChI is InChI=1S/C20H29N7O.ClH/c28-20(17-12-16(22-23-17)14-4-2-1-3-5-14)26-9-6-15(7-10-26)19-25-24-18-13-21-8-11-27(18)19;/h12,14-15,21H,1-11,13H2,(H,22,23);1H. The fourth-order valence-electron chi connectivity index (χ4n) is 4.99. The number of nitrogens with zero attached hydrogens (tertiary/aromatic N) is 5. The fraction of sp³-hybridized carbons (Fsp3) is 0.700. The van der Waals surface area contributed by atoms with Crippen molar-refractivity contribution in [2.75, 3.05) is 19.6 Å². The number of nitrogens with one attached hydrogen (secondary N) is 2. The summed E-state index contributed by atoms with van der Waals surface area (Å²) in [7, 11) is 0. The molecule has 2 aromatic heterocycles. The summed E-state index contributed by atoms with van der Waals surface area (Å²) in [4.78, 5) is 14.9. The Morgan fingerprint density at radius 1 is 1.00 bits per heavy atom. The van der Waals surface area contributed by atoms with E-state index in [0.29, 0.717) is 17.5 Å². The normalized spacial score (nSPS) is 20.9. The molecule has 2 aliphatic heterocycles. The number of rotatable bonds is 3. The summed E-state index contributed by atoms with van der Waals surface area (Å²) in [5, 5.41) is 19.6. The molecule has 0 spiro atoms. The quantitative estimate of drug-likeness (QED) is 0.797. The Labute approximate surface area is 177 Å². The van der Waals surface area contributed by atoms with Gasteiger partial charge in [-0.3, -0.25) is 9.89 Å². The zero-order chi connectivity index (χ0) is 18.9. The largest absolute Gasteiger partial charge is 0.337 e. The van der Waals surface area contributed by atoms with E-state index in [-0.39, 0.29) is 18.3 Å². The first kappa shape index (κ1) is 20.3. The lowest BCUT2D eigenvalue weighted by Crippen LogP contribution is -2.39. The summed E-state index contributed by atoms with van der Waals surface area (Å²) in [6, 6.07) is 1.99. The molecule has 9 heteroatoms. The van der Waals surface area contributed by atoms with Crippen LogP contribution in [0.3, 0.4) is 0 Å². The molecule has 29 heavy (non-hydrogen) atoms. The molecule has 1 saturated carbocycles. The summed E-state index contributed by atoms with van der Waals surface area (Å²) >= 11 is 0. The third-order valence-electron chi connectivity index (χ3n) is 6.66. The van der Waals surface area contributed by atoms with Crippen molar-refractivity contribution in [2.45, 2.75) is 69.9 Å². The van der Waals surface area contributed by atoms with Crippen molar-refractivity contribution in [3.05, 3.63) is 29.1 Å². The van der Waals surface area contributed by atoms with E-state index in [1.807, 2.05) is 11.0 Å². The van der Waals surface area contributed by atoms with Crippen molar-refractivity contribution < 1.29 is 4.79 Å². The Hall–Kier alpha value is -1.93. The van der Waals surface area contributed by atoms with Crippen LogP contribution in [0.1, 0.15) is 84.6 Å². The molecule has 0 radical (unpaired) electrons. The molecule has 0 atom stereocenters. The summed E-state index contributed by atoms with van der Waals surface area (Å²) in [5.41, 5.74) is 1.71. The van der Waals surface area contributed by atoms with Crippen molar-refractivity contribution in [2.24, 2.45) is 0 Å². The molecule has 4 heterocycles. The van der Waals surface area contributed by atoms with Gasteiger partial charge in [-0.1, -0.05) is 19.3 Å². The SMILES string of the molecule is Cl.O=C(c1cc(C2CCCCC2)[nH]n1)N1CCC(c2nnc3n2CCNC3)CC1. The second-order valence-electron chi connectivity index (χ2n) is 8.41. The average molecular weight is 420 g/mol. The van der Waals surface area contributed by atoms with Gasteiger partial charge in [0.05, 0.1) is 6.54 Å². The van der Waals surface area contributed by atoms with Crippen molar-refractivity contribution in [1.82, 2.24) is 35.2 Å². The highest BCUT2D eigenvalue weighted by Crippen LogP contribution is 2.32. The smallest absolute Gasteiger partial charge is 0.274 e. The topological polar surface area (TPSA) is 91.7 Å². The second kappa shape index (κ2) is 8.83. The molecule has 0 aromatic carbocycles. The number of likely N-dealkylation sites (tertiary alicyclic amines) is 1. The minimum absolute atomic E-state index is 0. The maximum atomic E-state index is 12.9. The Bertz CT molecular complexity index is 834. The Kier molecular flexibility index (Phi) is 6.20. The number of piperidine rings is 1. The van der Waals surface area contributed by atoms with E-state index < -0.39 is 0 Å². The predicted octanol–water partition coefficient (Wildman–Crippen LogP) is 2.59. The Morgan fingerprint density at radius 2 is 1.79 bits per heavy atom. The molecular weight excluding hydrogens is 390 g/mol. The summed E-state index contributed by atoms with van der Waals surface area (Å²) < 4.78 is 2.27. The van der Waals surface area contributed by atoms with Crippen LogP contribution >= 0.6 is 12.4 Å². The third kappa shape index (κ3) is 4.05. The molecule has 2 aromatic rings. The average Bonchev–Trinajstić information content (AvgIpc) is 3.42. The second-order valence-corrected chi connectivity index (χ2v) is 8.41. The molecule has 1 amide bonds. The highest BCUT2D eigenvalue weighted by molar-refractivity contribution is 5.92. The monoisotopic (exact) mass is 419 g/mol. The van der Waals surface area contributed by atoms with Gasteiger partial charge in [0.25, 0.3) is 5.91 Å². The molecule has 1 aliphatic carbocycles. The van der Waals surface area contributed by atoms with E-state index in [4.69, 9.17) is 0 Å². The van der Waals surface area contributed by atoms with E-state index in [1.165, 1.54) is 32.1 Å². The van der Waals surface area contributed by atoms with Crippen molar-refractivity contribution in [3.8, 4) is 0 Å². The zero-order valence-electron chi connectivity index (χ0n) is 16.8. The van der Waals surface area contributed by atoms with Gasteiger partial charge in [0.1, 0.15) is 17.3 Å². The van der Waals surface area contributed by atoms with Crippen LogP contribution in [0.15, 0.2) is 6.07 Å². The van der Waals surface area contributed by atoms with E-state index >= 15 is 0 Å². The fourth-order valence-corrected chi connectivity index (χ4v) is 4.99. The van der Waals surface area contributed by atoms with Crippen LogP contribution in [0.4, 0.5) is 0 Å². The van der Waals surface area contributed by atoms with Gasteiger partial charge in [0.15, 0.2) is 0 Å². The summed E-state index contributed by atoms with van der Waals surface area (Å²) in [6.45, 7) is 4.23. The molecular formula is C20H30ClN7O. The number of H-pyrrole nitrogens is 1. The number of aromatic nitrogens is 5. The van der Waals surface area contributed by atoms with Crippen LogP contribution in [0.25, 0.3) is 0 Å². The van der Waals surface area contributed by atoms with Gasteiger partial charge in [0, 0.05) is 43.7 Å². The Balaban J connectivity index is 0.00000205. The number of hydrogen-bond donors (Lipinski definition) is 2. The van der Waals surface area contributed by atoms with Crippen molar-refractivity contribution in [1.29, 1.82) is 0 Å². The molecule has 1 saturated heterocycles. The highest BCUT2D eigenvalue weighted by Gasteiger charge is 2.30. The first-order chi connectivity index (χ1) is 13.8. The number of aromatic amines is 1. The molecule has 2 fully saturated rings. The molecule has 5 rings (SSSR count). The maximum absolute atomic E-state index is 12.9. The number of fused-ring (bicyclic) bond motifs is 1. The lowest BCUT2D eigenvalue weighted by Gasteiger charge is -2.31. The van der Waals surface area contributed by atoms with Gasteiger partial charge in [-0.05, 0) is 31.7 Å². The summed E-state index contributed by atoms with van der Waals surface area (Å²) in [6.07, 6.45) is 8.19. The van der Waals surface area contributed by atoms with Gasteiger partial charge in [-0.2, -0.15) is 5.10 Å². The number of hydrogen-bond acceptors (Lipinski definition) is 5. The lowest BCUT2D eigenvalue weighted by molar-refractivity contribution is 0.0704. The zero-order valence-corrected chi connectivity index (χ0v) is 17.6. The maximum Gasteiger partial charge on any atom is 0.274 e. The Morgan fingerprint density at radius 3 is 2.59 bits per heavy atom. The van der Waals surface area contributed by atoms with Crippen LogP contribution in [-0.4, -0.2) is 55.4 Å². The van der Waals surface area contributed by atoms with E-state index in [1.54, 1.807) is 0 Å². The van der Waals surface area contributed by atoms with Crippen molar-refractivity contribution in [3.63, 3.8) is 0 Å². The molecule has 3 aliphatic rings. The number of carbonyl (C=O) groups excluding carboxylic acids is 1. The minimum Gasteiger partial charge on any atom is -0.337 e. The third-order valence-corrected chi connectivity index (χ3v) is 6.66. The number of amides is 1. The van der Waals surface area contributed by atoms with Gasteiger partial charge in [0.2, 0.25) is 0 Å². The van der Waals surface area contributed by atoms with Crippen LogP contribution in [0.2, 0.25) is 0 Å². The number of halogens is 1. The molecule has 8 nitrogen and oxygen atoms in total. The molecule has 0 bridgehead atoms. The number of carbonyl (C=O) groups is 1. The van der Waals surface area contributed by atoms with E-state index in [2.05, 4.69) is 30.3 Å². The van der Waals surface area contributed by atoms with Crippen LogP contribution < -0.4 is 5.32 Å². The van der Waals surface area contributed by atoms with E-state index in [9.17, 15) is 4.79 Å². The molecule has 2 N–H and O–H groups in total. The van der Waals surface area contributed by atoms with Crippen molar-refractivity contribution >= 4 is 18.3 Å². The van der Waals surface area contributed by atoms with Crippen LogP contribution in [0.5, 0.6) is 0 Å².